The molecule has 1 fully saturated rings. The van der Waals surface area contributed by atoms with Crippen molar-refractivity contribution in [3.63, 3.8) is 0 Å². The van der Waals surface area contributed by atoms with E-state index in [1.165, 1.54) is 4.88 Å². The number of hydrogen-bond acceptors (Lipinski definition) is 4. The van der Waals surface area contributed by atoms with Crippen LogP contribution in [0.25, 0.3) is 0 Å². The largest absolute Gasteiger partial charge is 0.329 e. The van der Waals surface area contributed by atoms with Crippen molar-refractivity contribution in [2.45, 2.75) is 31.8 Å². The number of fused-ring (bicyclic) bond motifs is 1. The summed E-state index contributed by atoms with van der Waals surface area (Å²) in [6.07, 6.45) is 3.04. The van der Waals surface area contributed by atoms with Crippen molar-refractivity contribution >= 4 is 29.7 Å². The van der Waals surface area contributed by atoms with Crippen LogP contribution in [-0.4, -0.2) is 34.1 Å². The first kappa shape index (κ1) is 15.5. The maximum atomic E-state index is 12.9. The third kappa shape index (κ3) is 2.55. The first-order chi connectivity index (χ1) is 10.3. The summed E-state index contributed by atoms with van der Waals surface area (Å²) < 4.78 is 0. The molecule has 7 heteroatoms. The van der Waals surface area contributed by atoms with Crippen molar-refractivity contribution in [2.75, 3.05) is 13.1 Å². The summed E-state index contributed by atoms with van der Waals surface area (Å²) in [7, 11) is 0. The van der Waals surface area contributed by atoms with E-state index in [1.807, 2.05) is 4.90 Å². The third-order valence-electron chi connectivity index (χ3n) is 4.39. The Kier molecular flexibility index (Phi) is 4.52. The lowest BCUT2D eigenvalue weighted by Gasteiger charge is -2.24. The van der Waals surface area contributed by atoms with Crippen molar-refractivity contribution in [2.24, 2.45) is 0 Å². The van der Waals surface area contributed by atoms with Crippen molar-refractivity contribution in [1.82, 2.24) is 20.4 Å². The van der Waals surface area contributed by atoms with Gasteiger partial charge in [0.25, 0.3) is 5.91 Å². The highest BCUT2D eigenvalue weighted by atomic mass is 35.5. The highest BCUT2D eigenvalue weighted by Gasteiger charge is 2.34. The number of aromatic nitrogens is 2. The number of amides is 1. The quantitative estimate of drug-likeness (QED) is 0.884. The molecule has 2 aliphatic heterocycles. The summed E-state index contributed by atoms with van der Waals surface area (Å²) in [5, 5.41) is 12.8. The van der Waals surface area contributed by atoms with E-state index in [0.717, 1.165) is 50.2 Å². The molecule has 1 unspecified atom stereocenters. The maximum absolute atomic E-state index is 12.9. The number of carbonyl (C=O) groups is 1. The Bertz CT molecular complexity index is 655. The predicted molar refractivity (Wildman–Crippen MR) is 88.6 cm³/mol. The molecule has 0 radical (unpaired) electrons. The van der Waals surface area contributed by atoms with Gasteiger partial charge in [0.2, 0.25) is 0 Å². The third-order valence-corrected chi connectivity index (χ3v) is 5.37. The van der Waals surface area contributed by atoms with E-state index in [1.54, 1.807) is 11.3 Å². The number of hydrogen-bond donors (Lipinski definition) is 2. The molecule has 118 valence electrons. The normalized spacial score (nSPS) is 20.5. The minimum atomic E-state index is 0. The standard InChI is InChI=1S/C15H18N4OS.ClH/c20-15(14-10-9-16-6-5-11(10)17-18-14)19-7-1-3-12(19)13-4-2-8-21-13;/h2,4,8,12,16H,1,3,5-7,9H2,(H,17,18);1H. The van der Waals surface area contributed by atoms with E-state index in [4.69, 9.17) is 0 Å². The molecule has 0 spiro atoms. The molecule has 0 saturated carbocycles. The van der Waals surface area contributed by atoms with Gasteiger partial charge in [-0.2, -0.15) is 5.10 Å². The van der Waals surface area contributed by atoms with Crippen molar-refractivity contribution in [3.8, 4) is 0 Å². The van der Waals surface area contributed by atoms with Gasteiger partial charge in [-0.3, -0.25) is 9.89 Å². The molecule has 4 rings (SSSR count). The molecule has 0 aromatic carbocycles. The van der Waals surface area contributed by atoms with Gasteiger partial charge in [-0.25, -0.2) is 0 Å². The summed E-state index contributed by atoms with van der Waals surface area (Å²) >= 11 is 1.73. The van der Waals surface area contributed by atoms with Crippen LogP contribution in [-0.2, 0) is 13.0 Å². The summed E-state index contributed by atoms with van der Waals surface area (Å²) in [4.78, 5) is 16.2. The average Bonchev–Trinajstić information content (AvgIpc) is 3.25. The molecule has 5 nitrogen and oxygen atoms in total. The Hall–Kier alpha value is -1.37. The lowest BCUT2D eigenvalue weighted by molar-refractivity contribution is 0.0730. The smallest absolute Gasteiger partial charge is 0.275 e. The molecule has 22 heavy (non-hydrogen) atoms. The van der Waals surface area contributed by atoms with E-state index in [2.05, 4.69) is 33.0 Å². The van der Waals surface area contributed by atoms with Crippen molar-refractivity contribution in [1.29, 1.82) is 0 Å². The van der Waals surface area contributed by atoms with Gasteiger partial charge in [-0.15, -0.1) is 23.7 Å². The molecule has 0 bridgehead atoms. The maximum Gasteiger partial charge on any atom is 0.275 e. The van der Waals surface area contributed by atoms with Crippen LogP contribution in [0, 0.1) is 0 Å². The molecule has 2 aromatic rings. The molecule has 2 aliphatic rings. The SMILES string of the molecule is Cl.O=C(c1n[nH]c2c1CNCC2)N1CCCC1c1cccs1. The lowest BCUT2D eigenvalue weighted by atomic mass is 10.1. The first-order valence-electron chi connectivity index (χ1n) is 7.46. The van der Waals surface area contributed by atoms with Crippen LogP contribution in [0.5, 0.6) is 0 Å². The van der Waals surface area contributed by atoms with Gasteiger partial charge in [-0.1, -0.05) is 6.07 Å². The van der Waals surface area contributed by atoms with Crippen LogP contribution >= 0.6 is 23.7 Å². The van der Waals surface area contributed by atoms with Crippen LogP contribution in [0.1, 0.15) is 45.5 Å². The number of likely N-dealkylation sites (tertiary alicyclic amines) is 1. The molecule has 2 N–H and O–H groups in total. The van der Waals surface area contributed by atoms with Gasteiger partial charge in [0.05, 0.1) is 6.04 Å². The highest BCUT2D eigenvalue weighted by molar-refractivity contribution is 7.10. The Morgan fingerprint density at radius 2 is 2.36 bits per heavy atom. The molecule has 1 saturated heterocycles. The summed E-state index contributed by atoms with van der Waals surface area (Å²) in [6, 6.07) is 4.41. The predicted octanol–water partition coefficient (Wildman–Crippen LogP) is 2.52. The molecular formula is C15H19ClN4OS. The van der Waals surface area contributed by atoms with E-state index in [0.29, 0.717) is 5.69 Å². The Balaban J connectivity index is 0.00000144. The van der Waals surface area contributed by atoms with E-state index in [9.17, 15) is 4.79 Å². The van der Waals surface area contributed by atoms with Crippen LogP contribution < -0.4 is 5.32 Å². The van der Waals surface area contributed by atoms with Crippen LogP contribution in [0.4, 0.5) is 0 Å². The second-order valence-corrected chi connectivity index (χ2v) is 6.61. The minimum absolute atomic E-state index is 0. The molecule has 4 heterocycles. The summed E-state index contributed by atoms with van der Waals surface area (Å²) in [5.74, 6) is 0.0760. The second-order valence-electron chi connectivity index (χ2n) is 5.63. The van der Waals surface area contributed by atoms with Crippen LogP contribution in [0.2, 0.25) is 0 Å². The molecule has 0 aliphatic carbocycles. The number of H-pyrrole nitrogens is 1. The first-order valence-corrected chi connectivity index (χ1v) is 8.34. The molecule has 1 amide bonds. The number of halogens is 1. The van der Waals surface area contributed by atoms with Crippen LogP contribution in [0.15, 0.2) is 17.5 Å². The summed E-state index contributed by atoms with van der Waals surface area (Å²) in [5.41, 5.74) is 2.78. The monoisotopic (exact) mass is 338 g/mol. The van der Waals surface area contributed by atoms with Crippen LogP contribution in [0.3, 0.4) is 0 Å². The highest BCUT2D eigenvalue weighted by Crippen LogP contribution is 2.35. The number of carbonyl (C=O) groups excluding carboxylic acids is 1. The zero-order chi connectivity index (χ0) is 14.2. The Labute approximate surface area is 139 Å². The lowest BCUT2D eigenvalue weighted by Crippen LogP contribution is -2.32. The summed E-state index contributed by atoms with van der Waals surface area (Å²) in [6.45, 7) is 2.52. The zero-order valence-electron chi connectivity index (χ0n) is 12.2. The topological polar surface area (TPSA) is 61.0 Å². The Morgan fingerprint density at radius 1 is 1.45 bits per heavy atom. The van der Waals surface area contributed by atoms with E-state index in [-0.39, 0.29) is 24.4 Å². The average molecular weight is 339 g/mol. The fourth-order valence-corrected chi connectivity index (χ4v) is 4.20. The van der Waals surface area contributed by atoms with Gasteiger partial charge in [0, 0.05) is 42.2 Å². The number of aromatic amines is 1. The fraction of sp³-hybridized carbons (Fsp3) is 0.467. The fourth-order valence-electron chi connectivity index (χ4n) is 3.32. The number of rotatable bonds is 2. The number of nitrogens with zero attached hydrogens (tertiary/aromatic N) is 2. The van der Waals surface area contributed by atoms with Gasteiger partial charge in [-0.05, 0) is 24.3 Å². The van der Waals surface area contributed by atoms with Gasteiger partial charge >= 0.3 is 0 Å². The number of nitrogens with one attached hydrogen (secondary N) is 2. The molecule has 1 atom stereocenters. The van der Waals surface area contributed by atoms with Gasteiger partial charge < -0.3 is 10.2 Å². The van der Waals surface area contributed by atoms with Gasteiger partial charge in [0.15, 0.2) is 5.69 Å². The minimum Gasteiger partial charge on any atom is -0.329 e. The molecule has 2 aromatic heterocycles. The molecular weight excluding hydrogens is 320 g/mol. The Morgan fingerprint density at radius 3 is 3.18 bits per heavy atom. The second kappa shape index (κ2) is 6.40. The number of thiophene rings is 1. The van der Waals surface area contributed by atoms with E-state index >= 15 is 0 Å². The van der Waals surface area contributed by atoms with Gasteiger partial charge in [0.1, 0.15) is 0 Å². The zero-order valence-corrected chi connectivity index (χ0v) is 13.8. The van der Waals surface area contributed by atoms with Crippen molar-refractivity contribution < 1.29 is 4.79 Å². The van der Waals surface area contributed by atoms with Crippen molar-refractivity contribution in [3.05, 3.63) is 39.3 Å². The van der Waals surface area contributed by atoms with E-state index < -0.39 is 0 Å².